The van der Waals surface area contributed by atoms with Gasteiger partial charge in [0.2, 0.25) is 0 Å². The summed E-state index contributed by atoms with van der Waals surface area (Å²) in [5.41, 5.74) is 0.397. The number of halogens is 2. The first kappa shape index (κ1) is 11.8. The zero-order valence-electron chi connectivity index (χ0n) is 9.19. The first-order valence-corrected chi connectivity index (χ1v) is 5.24. The third kappa shape index (κ3) is 1.85. The number of alkyl halides is 2. The smallest absolute Gasteiger partial charge is 0.339 e. The fourth-order valence-electron chi connectivity index (χ4n) is 2.10. The molecule has 5 heteroatoms. The molecular formula is C12H12F2O3. The topological polar surface area (TPSA) is 46.5 Å². The molecule has 0 radical (unpaired) electrons. The van der Waals surface area contributed by atoms with Crippen LogP contribution in [0.25, 0.3) is 0 Å². The quantitative estimate of drug-likeness (QED) is 0.886. The number of carbonyl (C=O) groups is 1. The van der Waals surface area contributed by atoms with Crippen LogP contribution in [0.1, 0.15) is 28.3 Å². The van der Waals surface area contributed by atoms with Gasteiger partial charge in [-0.25, -0.2) is 13.6 Å². The van der Waals surface area contributed by atoms with Gasteiger partial charge in [0, 0.05) is 11.5 Å². The van der Waals surface area contributed by atoms with Crippen LogP contribution in [0.3, 0.4) is 0 Å². The number of carboxylic acid groups (broad SMARTS) is 1. The molecular weight excluding hydrogens is 230 g/mol. The third-order valence-electron chi connectivity index (χ3n) is 3.09. The van der Waals surface area contributed by atoms with Gasteiger partial charge in [-0.15, -0.1) is 0 Å². The second-order valence-electron chi connectivity index (χ2n) is 4.04. The monoisotopic (exact) mass is 242 g/mol. The van der Waals surface area contributed by atoms with E-state index in [0.29, 0.717) is 5.56 Å². The van der Waals surface area contributed by atoms with Gasteiger partial charge < -0.3 is 9.84 Å². The van der Waals surface area contributed by atoms with Gasteiger partial charge in [0.25, 0.3) is 0 Å². The van der Waals surface area contributed by atoms with Crippen molar-refractivity contribution in [2.75, 3.05) is 7.11 Å². The molecule has 17 heavy (non-hydrogen) atoms. The van der Waals surface area contributed by atoms with Crippen LogP contribution in [0, 0.1) is 0 Å². The Morgan fingerprint density at radius 3 is 2.65 bits per heavy atom. The van der Waals surface area contributed by atoms with E-state index in [2.05, 4.69) is 0 Å². The average molecular weight is 242 g/mol. The minimum atomic E-state index is -1.58. The molecule has 2 rings (SSSR count). The van der Waals surface area contributed by atoms with Crippen LogP contribution in [-0.4, -0.2) is 30.5 Å². The highest BCUT2D eigenvalue weighted by Crippen LogP contribution is 2.45. The largest absolute Gasteiger partial charge is 0.496 e. The number of rotatable bonds is 3. The summed E-state index contributed by atoms with van der Waals surface area (Å²) in [5, 5.41) is 8.96. The minimum absolute atomic E-state index is 0.0282. The highest BCUT2D eigenvalue weighted by Gasteiger charge is 2.44. The number of hydrogen-bond acceptors (Lipinski definition) is 2. The molecule has 1 aliphatic rings. The van der Waals surface area contributed by atoms with Gasteiger partial charge in [0.05, 0.1) is 7.11 Å². The fraction of sp³-hybridized carbons (Fsp3) is 0.417. The van der Waals surface area contributed by atoms with E-state index in [1.165, 1.54) is 19.2 Å². The van der Waals surface area contributed by atoms with Gasteiger partial charge in [0.15, 0.2) is 0 Å². The van der Waals surface area contributed by atoms with Crippen molar-refractivity contribution in [2.24, 2.45) is 0 Å². The summed E-state index contributed by atoms with van der Waals surface area (Å²) < 4.78 is 31.1. The van der Waals surface area contributed by atoms with E-state index >= 15 is 0 Å². The number of methoxy groups -OCH3 is 1. The molecule has 1 fully saturated rings. The Balaban J connectivity index is 2.41. The Bertz CT molecular complexity index is 447. The average Bonchev–Trinajstić information content (AvgIpc) is 2.34. The Hall–Kier alpha value is -1.65. The van der Waals surface area contributed by atoms with Gasteiger partial charge >= 0.3 is 5.97 Å². The van der Waals surface area contributed by atoms with Crippen LogP contribution in [-0.2, 0) is 0 Å². The second-order valence-corrected chi connectivity index (χ2v) is 4.04. The highest BCUT2D eigenvalue weighted by molar-refractivity contribution is 5.91. The summed E-state index contributed by atoms with van der Waals surface area (Å²) in [6, 6.07) is 4.47. The lowest BCUT2D eigenvalue weighted by atomic mass is 9.76. The molecule has 0 aliphatic heterocycles. The van der Waals surface area contributed by atoms with Crippen molar-refractivity contribution in [1.29, 1.82) is 0 Å². The molecule has 0 saturated heterocycles. The first-order chi connectivity index (χ1) is 8.06. The maximum atomic E-state index is 13.3. The zero-order valence-corrected chi connectivity index (χ0v) is 9.19. The molecule has 1 saturated carbocycles. The maximum absolute atomic E-state index is 13.3. The second kappa shape index (κ2) is 4.31. The van der Waals surface area contributed by atoms with Gasteiger partial charge in [-0.2, -0.15) is 0 Å². The van der Waals surface area contributed by atoms with E-state index in [9.17, 15) is 13.6 Å². The molecule has 3 unspecified atom stereocenters. The normalized spacial score (nSPS) is 27.4. The van der Waals surface area contributed by atoms with Crippen LogP contribution >= 0.6 is 0 Å². The highest BCUT2D eigenvalue weighted by atomic mass is 19.2. The van der Waals surface area contributed by atoms with E-state index in [1.807, 2.05) is 0 Å². The molecule has 0 spiro atoms. The molecule has 1 N–H and O–H groups in total. The van der Waals surface area contributed by atoms with E-state index in [0.717, 1.165) is 0 Å². The molecule has 3 nitrogen and oxygen atoms in total. The number of para-hydroxylation sites is 1. The van der Waals surface area contributed by atoms with E-state index < -0.39 is 24.2 Å². The summed E-state index contributed by atoms with van der Waals surface area (Å²) in [6.45, 7) is 0. The molecule has 1 aromatic carbocycles. The summed E-state index contributed by atoms with van der Waals surface area (Å²) >= 11 is 0. The van der Waals surface area contributed by atoms with E-state index in [4.69, 9.17) is 9.84 Å². The Labute approximate surface area is 97.0 Å². The number of hydrogen-bond donors (Lipinski definition) is 1. The number of carboxylic acids is 1. The van der Waals surface area contributed by atoms with Crippen molar-refractivity contribution < 1.29 is 23.4 Å². The van der Waals surface area contributed by atoms with Crippen LogP contribution in [0.4, 0.5) is 8.78 Å². The van der Waals surface area contributed by atoms with Crippen LogP contribution in [0.2, 0.25) is 0 Å². The van der Waals surface area contributed by atoms with Gasteiger partial charge in [-0.1, -0.05) is 12.1 Å². The van der Waals surface area contributed by atoms with Crippen molar-refractivity contribution >= 4 is 5.97 Å². The lowest BCUT2D eigenvalue weighted by Gasteiger charge is -2.35. The summed E-state index contributed by atoms with van der Waals surface area (Å²) in [7, 11) is 1.32. The van der Waals surface area contributed by atoms with Crippen molar-refractivity contribution in [3.63, 3.8) is 0 Å². The lowest BCUT2D eigenvalue weighted by molar-refractivity contribution is 0.0416. The van der Waals surface area contributed by atoms with Gasteiger partial charge in [-0.3, -0.25) is 0 Å². The van der Waals surface area contributed by atoms with Crippen LogP contribution in [0.15, 0.2) is 18.2 Å². The van der Waals surface area contributed by atoms with Crippen molar-refractivity contribution in [2.45, 2.75) is 24.7 Å². The zero-order chi connectivity index (χ0) is 12.6. The summed E-state index contributed by atoms with van der Waals surface area (Å²) in [4.78, 5) is 11.0. The Kier molecular flexibility index (Phi) is 3.00. The molecule has 1 aliphatic carbocycles. The summed E-state index contributed by atoms with van der Waals surface area (Å²) in [6.07, 6.45) is -2.97. The Morgan fingerprint density at radius 2 is 2.18 bits per heavy atom. The number of benzene rings is 1. The van der Waals surface area contributed by atoms with Gasteiger partial charge in [0.1, 0.15) is 23.7 Å². The van der Waals surface area contributed by atoms with E-state index in [1.54, 1.807) is 6.07 Å². The molecule has 92 valence electrons. The van der Waals surface area contributed by atoms with Crippen LogP contribution in [0.5, 0.6) is 5.75 Å². The third-order valence-corrected chi connectivity index (χ3v) is 3.09. The summed E-state index contributed by atoms with van der Waals surface area (Å²) in [5.74, 6) is -1.63. The van der Waals surface area contributed by atoms with Gasteiger partial charge in [-0.05, 0) is 12.5 Å². The van der Waals surface area contributed by atoms with E-state index in [-0.39, 0.29) is 17.7 Å². The molecule has 0 aromatic heterocycles. The molecule has 0 amide bonds. The maximum Gasteiger partial charge on any atom is 0.339 e. The number of ether oxygens (including phenoxy) is 1. The lowest BCUT2D eigenvalue weighted by Crippen LogP contribution is -2.38. The Morgan fingerprint density at radius 1 is 1.47 bits per heavy atom. The predicted octanol–water partition coefficient (Wildman–Crippen LogP) is 2.56. The minimum Gasteiger partial charge on any atom is -0.496 e. The molecule has 0 heterocycles. The molecule has 3 atom stereocenters. The number of aromatic carboxylic acids is 1. The van der Waals surface area contributed by atoms with Crippen molar-refractivity contribution in [3.05, 3.63) is 29.3 Å². The SMILES string of the molecule is COc1c(C(=O)O)cccc1C1CC(F)C1F. The standard InChI is InChI=1S/C12H12F2O3/c1-17-11-6(8-5-9(13)10(8)14)3-2-4-7(11)12(15)16/h2-4,8-10H,5H2,1H3,(H,15,16). The van der Waals surface area contributed by atoms with Crippen molar-refractivity contribution in [1.82, 2.24) is 0 Å². The molecule has 1 aromatic rings. The van der Waals surface area contributed by atoms with Crippen molar-refractivity contribution in [3.8, 4) is 5.75 Å². The first-order valence-electron chi connectivity index (χ1n) is 5.24. The molecule has 0 bridgehead atoms. The van der Waals surface area contributed by atoms with Crippen LogP contribution < -0.4 is 4.74 Å². The predicted molar refractivity (Wildman–Crippen MR) is 57.1 cm³/mol. The fourth-order valence-corrected chi connectivity index (χ4v) is 2.10.